The molecule has 2 nitrogen and oxygen atoms in total. The average molecular weight is 337 g/mol. The van der Waals surface area contributed by atoms with Crippen LogP contribution in [0.4, 0.5) is 0 Å². The maximum Gasteiger partial charge on any atom is 0.0986 e. The molecule has 0 radical (unpaired) electrons. The number of benzene rings is 4. The van der Waals surface area contributed by atoms with Crippen molar-refractivity contribution in [2.75, 3.05) is 0 Å². The number of oxime groups is 1. The monoisotopic (exact) mass is 337 g/mol. The van der Waals surface area contributed by atoms with Gasteiger partial charge in [-0.25, -0.2) is 0 Å². The van der Waals surface area contributed by atoms with Crippen molar-refractivity contribution in [2.45, 2.75) is 5.92 Å². The molecule has 126 valence electrons. The number of rotatable bonds is 4. The average Bonchev–Trinajstić information content (AvgIpc) is 2.73. The molecule has 0 saturated heterocycles. The molecule has 2 heteroatoms. The van der Waals surface area contributed by atoms with Crippen molar-refractivity contribution < 1.29 is 5.21 Å². The zero-order chi connectivity index (χ0) is 17.8. The van der Waals surface area contributed by atoms with Crippen LogP contribution in [0.1, 0.15) is 22.6 Å². The lowest BCUT2D eigenvalue weighted by Gasteiger charge is -2.21. The normalized spacial score (nSPS) is 12.8. The van der Waals surface area contributed by atoms with E-state index in [1.807, 2.05) is 60.7 Å². The molecule has 0 amide bonds. The summed E-state index contributed by atoms with van der Waals surface area (Å²) in [5.74, 6) is -0.158. The largest absolute Gasteiger partial charge is 0.411 e. The first kappa shape index (κ1) is 16.1. The molecule has 0 heterocycles. The fraction of sp³-hybridized carbons (Fsp3) is 0.0417. The first-order chi connectivity index (χ1) is 12.9. The van der Waals surface area contributed by atoms with E-state index in [9.17, 15) is 5.21 Å². The highest BCUT2D eigenvalue weighted by Gasteiger charge is 2.24. The van der Waals surface area contributed by atoms with E-state index in [-0.39, 0.29) is 5.92 Å². The lowest BCUT2D eigenvalue weighted by atomic mass is 9.82. The second-order valence-electron chi connectivity index (χ2n) is 6.26. The minimum Gasteiger partial charge on any atom is -0.411 e. The van der Waals surface area contributed by atoms with Gasteiger partial charge >= 0.3 is 0 Å². The van der Waals surface area contributed by atoms with Crippen molar-refractivity contribution in [3.8, 4) is 0 Å². The Kier molecular flexibility index (Phi) is 4.48. The smallest absolute Gasteiger partial charge is 0.0986 e. The summed E-state index contributed by atoms with van der Waals surface area (Å²) in [4.78, 5) is 0. The Balaban J connectivity index is 1.98. The van der Waals surface area contributed by atoms with E-state index in [1.54, 1.807) is 0 Å². The molecule has 0 spiro atoms. The molecule has 0 aliphatic heterocycles. The lowest BCUT2D eigenvalue weighted by Crippen LogP contribution is -2.16. The predicted molar refractivity (Wildman–Crippen MR) is 107 cm³/mol. The van der Waals surface area contributed by atoms with Crippen molar-refractivity contribution >= 4 is 16.5 Å². The van der Waals surface area contributed by atoms with Crippen LogP contribution in [0, 0.1) is 0 Å². The standard InChI is InChI=1S/C24H19NO/c26-25-24(20-13-5-2-6-14-20)23(19-11-3-1-4-12-19)22-17-9-15-18-10-7-8-16-21(18)22/h1-17,23,26H/b25-24+. The van der Waals surface area contributed by atoms with Crippen LogP contribution in [0.3, 0.4) is 0 Å². The number of hydrogen-bond acceptors (Lipinski definition) is 2. The Morgan fingerprint density at radius 2 is 1.27 bits per heavy atom. The molecule has 4 aromatic carbocycles. The summed E-state index contributed by atoms with van der Waals surface area (Å²) >= 11 is 0. The fourth-order valence-electron chi connectivity index (χ4n) is 3.52. The van der Waals surface area contributed by atoms with Crippen molar-refractivity contribution in [1.29, 1.82) is 0 Å². The van der Waals surface area contributed by atoms with Gasteiger partial charge in [-0.05, 0) is 21.9 Å². The van der Waals surface area contributed by atoms with Crippen LogP contribution in [0.25, 0.3) is 10.8 Å². The summed E-state index contributed by atoms with van der Waals surface area (Å²) in [6, 6.07) is 34.7. The van der Waals surface area contributed by atoms with E-state index < -0.39 is 0 Å². The summed E-state index contributed by atoms with van der Waals surface area (Å²) in [6.07, 6.45) is 0. The van der Waals surface area contributed by atoms with Gasteiger partial charge in [0.05, 0.1) is 11.6 Å². The third-order valence-corrected chi connectivity index (χ3v) is 4.72. The zero-order valence-corrected chi connectivity index (χ0v) is 14.3. The molecule has 0 saturated carbocycles. The maximum absolute atomic E-state index is 9.93. The second kappa shape index (κ2) is 7.24. The molecule has 4 aromatic rings. The van der Waals surface area contributed by atoms with Crippen molar-refractivity contribution in [2.24, 2.45) is 5.16 Å². The van der Waals surface area contributed by atoms with E-state index in [0.717, 1.165) is 16.7 Å². The minimum atomic E-state index is -0.158. The summed E-state index contributed by atoms with van der Waals surface area (Å²) in [7, 11) is 0. The maximum atomic E-state index is 9.93. The molecule has 0 aliphatic carbocycles. The molecule has 26 heavy (non-hydrogen) atoms. The molecular weight excluding hydrogens is 318 g/mol. The van der Waals surface area contributed by atoms with Crippen LogP contribution in [0.15, 0.2) is 108 Å². The van der Waals surface area contributed by atoms with Gasteiger partial charge in [-0.1, -0.05) is 108 Å². The minimum absolute atomic E-state index is 0.158. The Morgan fingerprint density at radius 3 is 2.00 bits per heavy atom. The molecule has 1 N–H and O–H groups in total. The molecule has 4 rings (SSSR count). The van der Waals surface area contributed by atoms with Crippen LogP contribution < -0.4 is 0 Å². The van der Waals surface area contributed by atoms with Gasteiger partial charge in [0, 0.05) is 5.56 Å². The van der Waals surface area contributed by atoms with E-state index in [2.05, 4.69) is 47.6 Å². The molecule has 0 fully saturated rings. The predicted octanol–water partition coefficient (Wildman–Crippen LogP) is 5.85. The highest BCUT2D eigenvalue weighted by molar-refractivity contribution is 6.08. The first-order valence-electron chi connectivity index (χ1n) is 8.68. The van der Waals surface area contributed by atoms with Gasteiger partial charge in [0.2, 0.25) is 0 Å². The molecule has 0 aromatic heterocycles. The van der Waals surface area contributed by atoms with Gasteiger partial charge < -0.3 is 5.21 Å². The SMILES string of the molecule is O/N=C(\c1ccccc1)C(c1ccccc1)c1cccc2ccccc12. The van der Waals surface area contributed by atoms with Gasteiger partial charge in [-0.15, -0.1) is 0 Å². The Bertz CT molecular complexity index is 1030. The number of nitrogens with zero attached hydrogens (tertiary/aromatic N) is 1. The third kappa shape index (κ3) is 2.98. The Hall–Kier alpha value is -3.39. The summed E-state index contributed by atoms with van der Waals surface area (Å²) in [6.45, 7) is 0. The Labute approximate surface area is 153 Å². The highest BCUT2D eigenvalue weighted by atomic mass is 16.4. The van der Waals surface area contributed by atoms with E-state index in [0.29, 0.717) is 5.71 Å². The van der Waals surface area contributed by atoms with Crippen LogP contribution in [-0.4, -0.2) is 10.9 Å². The summed E-state index contributed by atoms with van der Waals surface area (Å²) in [5.41, 5.74) is 3.79. The Morgan fingerprint density at radius 1 is 0.654 bits per heavy atom. The van der Waals surface area contributed by atoms with Gasteiger partial charge in [0.25, 0.3) is 0 Å². The number of hydrogen-bond donors (Lipinski definition) is 1. The topological polar surface area (TPSA) is 32.6 Å². The van der Waals surface area contributed by atoms with E-state index >= 15 is 0 Å². The molecule has 0 bridgehead atoms. The van der Waals surface area contributed by atoms with Crippen molar-refractivity contribution in [1.82, 2.24) is 0 Å². The quantitative estimate of drug-likeness (QED) is 0.283. The van der Waals surface area contributed by atoms with Crippen LogP contribution in [0.2, 0.25) is 0 Å². The van der Waals surface area contributed by atoms with Crippen molar-refractivity contribution in [3.05, 3.63) is 120 Å². The second-order valence-corrected chi connectivity index (χ2v) is 6.26. The van der Waals surface area contributed by atoms with Gasteiger partial charge in [-0.2, -0.15) is 0 Å². The van der Waals surface area contributed by atoms with Gasteiger partial charge in [0.15, 0.2) is 0 Å². The lowest BCUT2D eigenvalue weighted by molar-refractivity contribution is 0.317. The zero-order valence-electron chi connectivity index (χ0n) is 14.3. The molecular formula is C24H19NO. The van der Waals surface area contributed by atoms with Crippen molar-refractivity contribution in [3.63, 3.8) is 0 Å². The summed E-state index contributed by atoms with van der Waals surface area (Å²) in [5, 5.41) is 16.0. The van der Waals surface area contributed by atoms with Crippen LogP contribution in [-0.2, 0) is 0 Å². The molecule has 0 aliphatic rings. The van der Waals surface area contributed by atoms with E-state index in [1.165, 1.54) is 10.8 Å². The third-order valence-electron chi connectivity index (χ3n) is 4.72. The molecule has 1 unspecified atom stereocenters. The van der Waals surface area contributed by atoms with Crippen LogP contribution >= 0.6 is 0 Å². The first-order valence-corrected chi connectivity index (χ1v) is 8.68. The molecule has 1 atom stereocenters. The van der Waals surface area contributed by atoms with Gasteiger partial charge in [-0.3, -0.25) is 0 Å². The van der Waals surface area contributed by atoms with E-state index in [4.69, 9.17) is 0 Å². The number of fused-ring (bicyclic) bond motifs is 1. The summed E-state index contributed by atoms with van der Waals surface area (Å²) < 4.78 is 0. The van der Waals surface area contributed by atoms with Crippen LogP contribution in [0.5, 0.6) is 0 Å². The van der Waals surface area contributed by atoms with Gasteiger partial charge in [0.1, 0.15) is 0 Å². The highest BCUT2D eigenvalue weighted by Crippen LogP contribution is 2.34. The fourth-order valence-corrected chi connectivity index (χ4v) is 3.52.